The van der Waals surface area contributed by atoms with Crippen LogP contribution in [0.3, 0.4) is 0 Å². The molecule has 0 fully saturated rings. The fourth-order valence-corrected chi connectivity index (χ4v) is 3.59. The van der Waals surface area contributed by atoms with E-state index < -0.39 is 24.5 Å². The van der Waals surface area contributed by atoms with Crippen LogP contribution in [-0.2, 0) is 20.7 Å². The second-order valence-corrected chi connectivity index (χ2v) is 6.71. The molecule has 2 rings (SSSR count). The van der Waals surface area contributed by atoms with Crippen LogP contribution in [0.1, 0.15) is 45.0 Å². The Balaban J connectivity index is 2.06. The highest BCUT2D eigenvalue weighted by Gasteiger charge is 2.23. The van der Waals surface area contributed by atoms with Gasteiger partial charge in [0, 0.05) is 17.0 Å². The van der Waals surface area contributed by atoms with Gasteiger partial charge in [-0.2, -0.15) is 4.73 Å². The molecule has 27 heavy (non-hydrogen) atoms. The zero-order valence-corrected chi connectivity index (χ0v) is 16.1. The minimum Gasteiger partial charge on any atom is -0.619 e. The lowest BCUT2D eigenvalue weighted by atomic mass is 10.1. The van der Waals surface area contributed by atoms with Crippen molar-refractivity contribution in [1.82, 2.24) is 0 Å². The van der Waals surface area contributed by atoms with E-state index in [1.54, 1.807) is 6.92 Å². The number of aryl methyl sites for hydroxylation is 1. The second-order valence-electron chi connectivity index (χ2n) is 5.49. The first-order chi connectivity index (χ1) is 12.9. The lowest BCUT2D eigenvalue weighted by Gasteiger charge is -2.08. The first kappa shape index (κ1) is 20.4. The van der Waals surface area contributed by atoms with Gasteiger partial charge in [-0.3, -0.25) is 4.79 Å². The third-order valence-electron chi connectivity index (χ3n) is 3.67. The Hall–Kier alpha value is -2.94. The van der Waals surface area contributed by atoms with Crippen LogP contribution in [0.5, 0.6) is 0 Å². The highest BCUT2D eigenvalue weighted by Crippen LogP contribution is 2.34. The molecule has 0 aliphatic heterocycles. The van der Waals surface area contributed by atoms with Crippen LogP contribution in [0, 0.1) is 12.1 Å². The van der Waals surface area contributed by atoms with Crippen molar-refractivity contribution in [1.29, 1.82) is 0 Å². The quantitative estimate of drug-likeness (QED) is 0.440. The summed E-state index contributed by atoms with van der Waals surface area (Å²) in [7, 11) is 0. The zero-order chi connectivity index (χ0) is 20.0. The third-order valence-corrected chi connectivity index (χ3v) is 4.73. The van der Waals surface area contributed by atoms with Gasteiger partial charge in [0.1, 0.15) is 5.00 Å². The lowest BCUT2D eigenvalue weighted by molar-refractivity contribution is -0.605. The van der Waals surface area contributed by atoms with Crippen molar-refractivity contribution in [2.75, 3.05) is 18.5 Å². The molecule has 144 valence electrons. The Morgan fingerprint density at radius 1 is 1.15 bits per heavy atom. The van der Waals surface area contributed by atoms with Crippen molar-refractivity contribution in [2.24, 2.45) is 0 Å². The highest BCUT2D eigenvalue weighted by molar-refractivity contribution is 7.16. The predicted octanol–water partition coefficient (Wildman–Crippen LogP) is 2.22. The Morgan fingerprint density at radius 2 is 1.81 bits per heavy atom. The number of esters is 2. The molecule has 9 heteroatoms. The molecule has 2 aromatic rings. The van der Waals surface area contributed by atoms with E-state index in [1.807, 2.05) is 13.8 Å². The lowest BCUT2D eigenvalue weighted by Crippen LogP contribution is -2.25. The summed E-state index contributed by atoms with van der Waals surface area (Å²) in [5.74, 6) is -1.80. The number of hydrogen-bond acceptors (Lipinski definition) is 7. The summed E-state index contributed by atoms with van der Waals surface area (Å²) in [4.78, 5) is 37.2. The van der Waals surface area contributed by atoms with E-state index in [0.29, 0.717) is 21.7 Å². The summed E-state index contributed by atoms with van der Waals surface area (Å²) in [6.45, 7) is 5.18. The number of amides is 1. The van der Waals surface area contributed by atoms with Crippen molar-refractivity contribution in [3.8, 4) is 0 Å². The van der Waals surface area contributed by atoms with Gasteiger partial charge in [0.2, 0.25) is 0 Å². The van der Waals surface area contributed by atoms with Gasteiger partial charge < -0.3 is 20.0 Å². The molecule has 0 aliphatic rings. The average Bonchev–Trinajstić information content (AvgIpc) is 2.95. The molecular formula is C18H20N2O6S. The van der Waals surface area contributed by atoms with E-state index in [9.17, 15) is 19.6 Å². The van der Waals surface area contributed by atoms with Gasteiger partial charge in [0.05, 0.1) is 17.7 Å². The van der Waals surface area contributed by atoms with Gasteiger partial charge in [-0.1, -0.05) is 6.92 Å². The molecule has 1 amide bonds. The molecule has 1 N–H and O–H groups in total. The Kier molecular flexibility index (Phi) is 6.89. The molecule has 0 aliphatic carbocycles. The van der Waals surface area contributed by atoms with Crippen LogP contribution in [0.25, 0.3) is 0 Å². The summed E-state index contributed by atoms with van der Waals surface area (Å²) < 4.78 is 10.5. The maximum absolute atomic E-state index is 12.2. The molecule has 0 saturated heterocycles. The summed E-state index contributed by atoms with van der Waals surface area (Å²) in [6, 6.07) is 2.59. The van der Waals surface area contributed by atoms with Gasteiger partial charge in [-0.15, -0.1) is 11.3 Å². The highest BCUT2D eigenvalue weighted by atomic mass is 32.1. The number of thiophene rings is 1. The Morgan fingerprint density at radius 3 is 2.41 bits per heavy atom. The minimum atomic E-state index is -0.729. The van der Waals surface area contributed by atoms with Crippen LogP contribution in [-0.4, -0.2) is 31.1 Å². The number of rotatable bonds is 7. The van der Waals surface area contributed by atoms with Crippen molar-refractivity contribution < 1.29 is 28.6 Å². The zero-order valence-electron chi connectivity index (χ0n) is 15.2. The van der Waals surface area contributed by atoms with Crippen LogP contribution in [0.15, 0.2) is 24.5 Å². The van der Waals surface area contributed by atoms with Crippen molar-refractivity contribution in [3.63, 3.8) is 0 Å². The smallest absolute Gasteiger partial charge is 0.341 e. The summed E-state index contributed by atoms with van der Waals surface area (Å²) in [5.41, 5.74) is 1.31. The average molecular weight is 392 g/mol. The molecule has 0 aromatic carbocycles. The first-order valence-electron chi connectivity index (χ1n) is 8.32. The largest absolute Gasteiger partial charge is 0.619 e. The summed E-state index contributed by atoms with van der Waals surface area (Å²) in [6.07, 6.45) is 2.93. The van der Waals surface area contributed by atoms with Crippen molar-refractivity contribution >= 4 is 34.2 Å². The molecular weight excluding hydrogens is 372 g/mol. The van der Waals surface area contributed by atoms with Crippen LogP contribution >= 0.6 is 11.3 Å². The molecule has 8 nitrogen and oxygen atoms in total. The van der Waals surface area contributed by atoms with E-state index >= 15 is 0 Å². The number of aromatic nitrogens is 1. The van der Waals surface area contributed by atoms with E-state index in [-0.39, 0.29) is 12.2 Å². The molecule has 2 aromatic heterocycles. The van der Waals surface area contributed by atoms with E-state index in [1.165, 1.54) is 23.5 Å². The van der Waals surface area contributed by atoms with Crippen molar-refractivity contribution in [3.05, 3.63) is 51.3 Å². The van der Waals surface area contributed by atoms with Gasteiger partial charge in [0.15, 0.2) is 19.0 Å². The number of carbonyl (C=O) groups is 3. The molecule has 0 radical (unpaired) electrons. The first-order valence-corrected chi connectivity index (χ1v) is 9.14. The Labute approximate surface area is 160 Å². The number of hydrogen-bond donors (Lipinski definition) is 1. The minimum absolute atomic E-state index is 0.155. The molecule has 0 saturated carbocycles. The molecule has 2 heterocycles. The molecule has 0 spiro atoms. The molecule has 0 unspecified atom stereocenters. The number of ether oxygens (including phenoxy) is 2. The molecule has 0 bridgehead atoms. The van der Waals surface area contributed by atoms with E-state index in [2.05, 4.69) is 5.32 Å². The maximum atomic E-state index is 12.2. The van der Waals surface area contributed by atoms with Gasteiger partial charge in [-0.05, 0) is 25.8 Å². The van der Waals surface area contributed by atoms with Crippen molar-refractivity contribution in [2.45, 2.75) is 27.2 Å². The number of anilines is 1. The maximum Gasteiger partial charge on any atom is 0.341 e. The van der Waals surface area contributed by atoms with E-state index in [4.69, 9.17) is 9.47 Å². The van der Waals surface area contributed by atoms with Gasteiger partial charge in [0.25, 0.3) is 5.91 Å². The van der Waals surface area contributed by atoms with Gasteiger partial charge >= 0.3 is 11.9 Å². The number of pyridine rings is 1. The number of carbonyl (C=O) groups excluding carboxylic acids is 3. The summed E-state index contributed by atoms with van der Waals surface area (Å²) >= 11 is 1.27. The SMILES string of the molecule is CCOC(=O)c1c(NC(=O)COC(=O)c2cc[n+]([O-])cc2)sc(C)c1CC. The normalized spacial score (nSPS) is 10.3. The topological polar surface area (TPSA) is 109 Å². The van der Waals surface area contributed by atoms with E-state index in [0.717, 1.165) is 22.8 Å². The predicted molar refractivity (Wildman–Crippen MR) is 98.7 cm³/mol. The fourth-order valence-electron chi connectivity index (χ4n) is 2.44. The third kappa shape index (κ3) is 5.04. The standard InChI is InChI=1S/C18H20N2O6S/c1-4-13-11(3)27-16(15(13)18(23)25-5-2)19-14(21)10-26-17(22)12-6-8-20(24)9-7-12/h6-9H,4-5,10H2,1-3H3,(H,19,21). The number of nitrogens with zero attached hydrogens (tertiary/aromatic N) is 1. The van der Waals surface area contributed by atoms with Crippen LogP contribution < -0.4 is 10.0 Å². The Bertz CT molecular complexity index is 844. The van der Waals surface area contributed by atoms with Crippen LogP contribution in [0.4, 0.5) is 5.00 Å². The number of nitrogens with one attached hydrogen (secondary N) is 1. The van der Waals surface area contributed by atoms with Crippen LogP contribution in [0.2, 0.25) is 0 Å². The van der Waals surface area contributed by atoms with Gasteiger partial charge in [-0.25, -0.2) is 9.59 Å². The molecule has 0 atom stereocenters. The fraction of sp³-hybridized carbons (Fsp3) is 0.333. The summed E-state index contributed by atoms with van der Waals surface area (Å²) in [5, 5.41) is 13.9. The second kappa shape index (κ2) is 9.13. The monoisotopic (exact) mass is 392 g/mol.